The van der Waals surface area contributed by atoms with Crippen LogP contribution in [0.3, 0.4) is 0 Å². The van der Waals surface area contributed by atoms with E-state index in [1.54, 1.807) is 24.4 Å². The van der Waals surface area contributed by atoms with Crippen molar-refractivity contribution in [3.05, 3.63) is 41.8 Å². The van der Waals surface area contributed by atoms with Crippen LogP contribution in [0.5, 0.6) is 0 Å². The zero-order chi connectivity index (χ0) is 13.4. The Balaban J connectivity index is 2.38. The third kappa shape index (κ3) is 1.82. The van der Waals surface area contributed by atoms with Gasteiger partial charge < -0.3 is 5.73 Å². The van der Waals surface area contributed by atoms with E-state index < -0.39 is 6.03 Å². The summed E-state index contributed by atoms with van der Waals surface area (Å²) in [7, 11) is 0. The number of primary amides is 1. The number of hydrogen-bond donors (Lipinski definition) is 1. The molecule has 2 N–H and O–H groups in total. The van der Waals surface area contributed by atoms with Gasteiger partial charge in [-0.3, -0.25) is 9.97 Å². The minimum Gasteiger partial charge on any atom is -0.351 e. The highest BCUT2D eigenvalue weighted by molar-refractivity contribution is 6.33. The van der Waals surface area contributed by atoms with Gasteiger partial charge in [-0.25, -0.2) is 14.3 Å². The number of hydrogen-bond acceptors (Lipinski definition) is 4. The van der Waals surface area contributed by atoms with E-state index in [0.29, 0.717) is 21.7 Å². The largest absolute Gasteiger partial charge is 0.351 e. The van der Waals surface area contributed by atoms with Crippen molar-refractivity contribution in [1.82, 2.24) is 19.5 Å². The summed E-state index contributed by atoms with van der Waals surface area (Å²) in [6, 6.07) is 4.32. The van der Waals surface area contributed by atoms with Gasteiger partial charge in [-0.1, -0.05) is 11.6 Å². The molecular weight excluding hydrogens is 266 g/mol. The molecule has 19 heavy (non-hydrogen) atoms. The Morgan fingerprint density at radius 2 is 2.21 bits per heavy atom. The highest BCUT2D eigenvalue weighted by Crippen LogP contribution is 2.27. The highest BCUT2D eigenvalue weighted by Gasteiger charge is 2.19. The number of carbonyl (C=O) groups excluding carboxylic acids is 1. The molecule has 0 saturated heterocycles. The van der Waals surface area contributed by atoms with Crippen molar-refractivity contribution >= 4 is 28.7 Å². The van der Waals surface area contributed by atoms with Crippen molar-refractivity contribution in [1.29, 1.82) is 0 Å². The van der Waals surface area contributed by atoms with Gasteiger partial charge in [-0.15, -0.1) is 0 Å². The van der Waals surface area contributed by atoms with Gasteiger partial charge in [-0.2, -0.15) is 0 Å². The summed E-state index contributed by atoms with van der Waals surface area (Å²) < 4.78 is 1.24. The molecule has 0 aliphatic rings. The first-order chi connectivity index (χ1) is 9.18. The van der Waals surface area contributed by atoms with E-state index in [-0.39, 0.29) is 5.82 Å². The molecule has 0 bridgehead atoms. The Morgan fingerprint density at radius 1 is 1.37 bits per heavy atom. The average Bonchev–Trinajstić information content (AvgIpc) is 2.78. The standard InChI is InChI=1S/C12H7ClN5O/c13-7-2-1-4-16-10(7)11-17-8-6-15-5-3-9(8)18(11)12(14)19/h1-5H,(H2,14,19). The topological polar surface area (TPSA) is 86.7 Å². The fraction of sp³-hybridized carbons (Fsp3) is 0. The number of rotatable bonds is 1. The Kier molecular flexibility index (Phi) is 2.64. The van der Waals surface area contributed by atoms with Crippen molar-refractivity contribution in [2.45, 2.75) is 0 Å². The number of imidazole rings is 1. The second kappa shape index (κ2) is 4.33. The molecule has 0 saturated carbocycles. The Bertz CT molecular complexity index is 783. The molecule has 0 aliphatic heterocycles. The monoisotopic (exact) mass is 272 g/mol. The molecule has 3 rings (SSSR count). The van der Waals surface area contributed by atoms with Gasteiger partial charge in [0.25, 0.3) is 0 Å². The molecule has 3 aromatic heterocycles. The van der Waals surface area contributed by atoms with Crippen LogP contribution in [0.25, 0.3) is 22.6 Å². The number of carbonyl (C=O) groups is 1. The lowest BCUT2D eigenvalue weighted by Crippen LogP contribution is -2.20. The van der Waals surface area contributed by atoms with Crippen LogP contribution in [0.1, 0.15) is 0 Å². The van der Waals surface area contributed by atoms with Crippen LogP contribution in [0, 0.1) is 6.20 Å². The van der Waals surface area contributed by atoms with Crippen LogP contribution in [0.4, 0.5) is 4.79 Å². The smallest absolute Gasteiger partial charge is 0.325 e. The zero-order valence-electron chi connectivity index (χ0n) is 9.54. The number of aromatic nitrogens is 4. The molecule has 0 spiro atoms. The quantitative estimate of drug-likeness (QED) is 0.733. The second-order valence-electron chi connectivity index (χ2n) is 3.73. The van der Waals surface area contributed by atoms with E-state index in [0.717, 1.165) is 0 Å². The Morgan fingerprint density at radius 3 is 2.95 bits per heavy atom. The molecule has 3 heterocycles. The summed E-state index contributed by atoms with van der Waals surface area (Å²) in [5, 5.41) is 0.383. The summed E-state index contributed by atoms with van der Waals surface area (Å²) in [6.45, 7) is 0. The molecule has 1 amide bonds. The van der Waals surface area contributed by atoms with Crippen LogP contribution >= 0.6 is 11.6 Å². The number of fused-ring (bicyclic) bond motifs is 1. The fourth-order valence-electron chi connectivity index (χ4n) is 1.81. The van der Waals surface area contributed by atoms with Gasteiger partial charge in [0, 0.05) is 12.4 Å². The SMILES string of the molecule is NC(=O)n1c(-c2ncccc2Cl)nc2[c]nccc21. The highest BCUT2D eigenvalue weighted by atomic mass is 35.5. The molecule has 93 valence electrons. The number of pyridine rings is 2. The van der Waals surface area contributed by atoms with E-state index >= 15 is 0 Å². The molecule has 0 aromatic carbocycles. The fourth-order valence-corrected chi connectivity index (χ4v) is 2.01. The van der Waals surface area contributed by atoms with E-state index in [4.69, 9.17) is 17.3 Å². The van der Waals surface area contributed by atoms with Crippen LogP contribution in [0.2, 0.25) is 5.02 Å². The van der Waals surface area contributed by atoms with Crippen molar-refractivity contribution in [2.24, 2.45) is 5.73 Å². The van der Waals surface area contributed by atoms with Gasteiger partial charge in [0.05, 0.1) is 10.5 Å². The third-order valence-electron chi connectivity index (χ3n) is 2.58. The minimum atomic E-state index is -0.668. The van der Waals surface area contributed by atoms with Gasteiger partial charge in [0.2, 0.25) is 0 Å². The van der Waals surface area contributed by atoms with E-state index in [1.807, 2.05) is 0 Å². The molecule has 0 aliphatic carbocycles. The molecule has 0 atom stereocenters. The lowest BCUT2D eigenvalue weighted by atomic mass is 10.3. The first-order valence-electron chi connectivity index (χ1n) is 5.34. The minimum absolute atomic E-state index is 0.275. The van der Waals surface area contributed by atoms with Crippen molar-refractivity contribution in [2.75, 3.05) is 0 Å². The first-order valence-corrected chi connectivity index (χ1v) is 5.72. The molecule has 0 fully saturated rings. The predicted molar refractivity (Wildman–Crippen MR) is 69.6 cm³/mol. The second-order valence-corrected chi connectivity index (χ2v) is 4.14. The van der Waals surface area contributed by atoms with Crippen molar-refractivity contribution < 1.29 is 4.79 Å². The van der Waals surface area contributed by atoms with Gasteiger partial charge in [0.1, 0.15) is 17.4 Å². The maximum Gasteiger partial charge on any atom is 0.325 e. The summed E-state index contributed by atoms with van der Waals surface area (Å²) in [5.41, 5.74) is 6.72. The van der Waals surface area contributed by atoms with Crippen molar-refractivity contribution in [3.63, 3.8) is 0 Å². The number of halogens is 1. The number of nitrogens with zero attached hydrogens (tertiary/aromatic N) is 4. The first kappa shape index (κ1) is 11.6. The van der Waals surface area contributed by atoms with Crippen molar-refractivity contribution in [3.8, 4) is 11.5 Å². The van der Waals surface area contributed by atoms with E-state index in [2.05, 4.69) is 21.1 Å². The lowest BCUT2D eigenvalue weighted by Gasteiger charge is -2.04. The maximum absolute atomic E-state index is 11.6. The summed E-state index contributed by atoms with van der Waals surface area (Å²) >= 11 is 6.07. The van der Waals surface area contributed by atoms with E-state index in [9.17, 15) is 4.79 Å². The van der Waals surface area contributed by atoms with Gasteiger partial charge in [-0.05, 0) is 18.2 Å². The predicted octanol–water partition coefficient (Wildman–Crippen LogP) is 1.87. The van der Waals surface area contributed by atoms with Crippen LogP contribution in [-0.4, -0.2) is 25.6 Å². The summed E-state index contributed by atoms with van der Waals surface area (Å²) in [4.78, 5) is 23.8. The molecule has 3 aromatic rings. The van der Waals surface area contributed by atoms with Gasteiger partial charge >= 0.3 is 6.03 Å². The summed E-state index contributed by atoms with van der Waals surface area (Å²) in [6.07, 6.45) is 5.77. The molecule has 6 nitrogen and oxygen atoms in total. The number of amides is 1. The summed E-state index contributed by atoms with van der Waals surface area (Å²) in [5.74, 6) is 0.275. The maximum atomic E-state index is 11.6. The Labute approximate surface area is 112 Å². The van der Waals surface area contributed by atoms with Crippen LogP contribution in [-0.2, 0) is 0 Å². The normalized spacial score (nSPS) is 10.8. The van der Waals surface area contributed by atoms with E-state index in [1.165, 1.54) is 10.8 Å². The van der Waals surface area contributed by atoms with Crippen LogP contribution < -0.4 is 5.73 Å². The number of nitrogens with two attached hydrogens (primary N) is 1. The Hall–Kier alpha value is -2.47. The molecule has 7 heteroatoms. The van der Waals surface area contributed by atoms with Gasteiger partial charge in [0.15, 0.2) is 5.82 Å². The zero-order valence-corrected chi connectivity index (χ0v) is 10.3. The van der Waals surface area contributed by atoms with Crippen LogP contribution in [0.15, 0.2) is 30.6 Å². The molecular formula is C12H7ClN5O. The third-order valence-corrected chi connectivity index (χ3v) is 2.89. The lowest BCUT2D eigenvalue weighted by molar-refractivity contribution is 0.251. The molecule has 1 radical (unpaired) electrons. The average molecular weight is 273 g/mol. The molecule has 0 unspecified atom stereocenters.